The highest BCUT2D eigenvalue weighted by atomic mass is 32.2. The van der Waals surface area contributed by atoms with E-state index in [9.17, 15) is 16.8 Å². The molecule has 0 saturated heterocycles. The molecule has 1 aliphatic rings. The summed E-state index contributed by atoms with van der Waals surface area (Å²) in [4.78, 5) is 9.28. The molecule has 1 aromatic carbocycles. The van der Waals surface area contributed by atoms with Crippen LogP contribution >= 0.6 is 0 Å². The third-order valence-electron chi connectivity index (χ3n) is 5.01. The second-order valence-electron chi connectivity index (χ2n) is 8.48. The van der Waals surface area contributed by atoms with E-state index in [-0.39, 0.29) is 18.7 Å². The number of aryl methyl sites for hydroxylation is 2. The normalized spacial score (nSPS) is 15.6. The first-order valence-electron chi connectivity index (χ1n) is 10.5. The van der Waals surface area contributed by atoms with E-state index in [0.29, 0.717) is 22.6 Å². The molecule has 0 radical (unpaired) electrons. The standard InChI is InChI=1S/C20H30N6O5S2/c1-14(2)31-23-19(18-10-7-15(3)11-16(18)4)12-25(17-8-9-17)32(27,28)20-21-13-26(22-20)33(29,30)24(5)6/h7,10-11,13-14,17H,8-9,12H2,1-6H3/b23-19+. The molecule has 0 amide bonds. The third kappa shape index (κ3) is 5.60. The monoisotopic (exact) mass is 498 g/mol. The lowest BCUT2D eigenvalue weighted by atomic mass is 10.0. The minimum atomic E-state index is -4.19. The zero-order chi connectivity index (χ0) is 24.6. The Morgan fingerprint density at radius 3 is 2.42 bits per heavy atom. The Kier molecular flexibility index (Phi) is 7.27. The van der Waals surface area contributed by atoms with Gasteiger partial charge < -0.3 is 4.84 Å². The molecule has 1 aromatic heterocycles. The van der Waals surface area contributed by atoms with Crippen molar-refractivity contribution in [2.45, 2.75) is 57.8 Å². The summed E-state index contributed by atoms with van der Waals surface area (Å²) in [5, 5.41) is 7.46. The van der Waals surface area contributed by atoms with Gasteiger partial charge in [0.15, 0.2) is 0 Å². The average Bonchev–Trinajstić information content (AvgIpc) is 3.41. The second-order valence-corrected chi connectivity index (χ2v) is 12.3. The van der Waals surface area contributed by atoms with Gasteiger partial charge in [0, 0.05) is 25.7 Å². The Bertz CT molecular complexity index is 1250. The van der Waals surface area contributed by atoms with Crippen LogP contribution in [0.1, 0.15) is 43.4 Å². The first kappa shape index (κ1) is 25.3. The number of rotatable bonds is 10. The van der Waals surface area contributed by atoms with Gasteiger partial charge in [-0.05, 0) is 46.1 Å². The molecule has 0 bridgehead atoms. The smallest absolute Gasteiger partial charge is 0.323 e. The highest BCUT2D eigenvalue weighted by Crippen LogP contribution is 2.32. The summed E-state index contributed by atoms with van der Waals surface area (Å²) in [6, 6.07) is 5.56. The fraction of sp³-hybridized carbons (Fsp3) is 0.550. The van der Waals surface area contributed by atoms with Crippen LogP contribution in [0.15, 0.2) is 34.8 Å². The van der Waals surface area contributed by atoms with Crippen LogP contribution in [0.25, 0.3) is 0 Å². The van der Waals surface area contributed by atoms with Gasteiger partial charge in [0.1, 0.15) is 18.1 Å². The van der Waals surface area contributed by atoms with Gasteiger partial charge in [-0.1, -0.05) is 28.9 Å². The Labute approximate surface area is 195 Å². The summed E-state index contributed by atoms with van der Waals surface area (Å²) in [5.74, 6) is 0. The van der Waals surface area contributed by atoms with Gasteiger partial charge in [-0.15, -0.1) is 9.19 Å². The minimum absolute atomic E-state index is 0.0570. The van der Waals surface area contributed by atoms with Crippen molar-refractivity contribution in [2.24, 2.45) is 5.16 Å². The van der Waals surface area contributed by atoms with Gasteiger partial charge in [-0.2, -0.15) is 17.0 Å². The predicted molar refractivity (Wildman–Crippen MR) is 124 cm³/mol. The van der Waals surface area contributed by atoms with E-state index in [2.05, 4.69) is 15.2 Å². The Balaban J connectivity index is 2.00. The van der Waals surface area contributed by atoms with Gasteiger partial charge in [0.25, 0.3) is 15.2 Å². The lowest BCUT2D eigenvalue weighted by Gasteiger charge is -2.22. The molecule has 11 nitrogen and oxygen atoms in total. The van der Waals surface area contributed by atoms with E-state index in [1.54, 1.807) is 0 Å². The number of hydrogen-bond acceptors (Lipinski definition) is 8. The van der Waals surface area contributed by atoms with Crippen molar-refractivity contribution in [3.05, 3.63) is 41.2 Å². The number of hydrogen-bond donors (Lipinski definition) is 0. The van der Waals surface area contributed by atoms with Crippen LogP contribution in [-0.2, 0) is 25.1 Å². The molecule has 0 aliphatic heterocycles. The summed E-state index contributed by atoms with van der Waals surface area (Å²) in [7, 11) is -5.54. The highest BCUT2D eigenvalue weighted by Gasteiger charge is 2.41. The molecule has 1 heterocycles. The van der Waals surface area contributed by atoms with Crippen molar-refractivity contribution in [3.8, 4) is 0 Å². The molecule has 1 saturated carbocycles. The number of aromatic nitrogens is 3. The van der Waals surface area contributed by atoms with Gasteiger partial charge in [0.05, 0.1) is 6.54 Å². The molecule has 1 fully saturated rings. The summed E-state index contributed by atoms with van der Waals surface area (Å²) in [6.07, 6.45) is 2.06. The third-order valence-corrected chi connectivity index (χ3v) is 8.28. The quantitative estimate of drug-likeness (QED) is 0.359. The maximum Gasteiger partial charge on any atom is 0.323 e. The maximum absolute atomic E-state index is 13.5. The molecule has 0 unspecified atom stereocenters. The lowest BCUT2D eigenvalue weighted by molar-refractivity contribution is 0.0854. The fourth-order valence-corrected chi connectivity index (χ4v) is 5.34. The Morgan fingerprint density at radius 2 is 1.88 bits per heavy atom. The van der Waals surface area contributed by atoms with Crippen molar-refractivity contribution in [2.75, 3.05) is 20.6 Å². The van der Waals surface area contributed by atoms with Crippen molar-refractivity contribution in [3.63, 3.8) is 0 Å². The molecule has 2 aromatic rings. The van der Waals surface area contributed by atoms with E-state index in [0.717, 1.165) is 27.3 Å². The fourth-order valence-electron chi connectivity index (χ4n) is 3.13. The summed E-state index contributed by atoms with van der Waals surface area (Å²) in [5.41, 5.74) is 3.24. The van der Waals surface area contributed by atoms with Crippen LogP contribution in [0.5, 0.6) is 0 Å². The van der Waals surface area contributed by atoms with Gasteiger partial charge in [-0.25, -0.2) is 13.4 Å². The molecule has 33 heavy (non-hydrogen) atoms. The first-order valence-corrected chi connectivity index (χ1v) is 13.3. The van der Waals surface area contributed by atoms with Crippen LogP contribution in [0.4, 0.5) is 0 Å². The van der Waals surface area contributed by atoms with Crippen molar-refractivity contribution in [1.82, 2.24) is 22.8 Å². The van der Waals surface area contributed by atoms with Crippen molar-refractivity contribution >= 4 is 25.9 Å². The van der Waals surface area contributed by atoms with E-state index < -0.39 is 25.4 Å². The van der Waals surface area contributed by atoms with Crippen LogP contribution in [0.2, 0.25) is 0 Å². The molecule has 3 rings (SSSR count). The highest BCUT2D eigenvalue weighted by molar-refractivity contribution is 7.89. The van der Waals surface area contributed by atoms with Crippen molar-refractivity contribution in [1.29, 1.82) is 0 Å². The van der Waals surface area contributed by atoms with Crippen LogP contribution < -0.4 is 0 Å². The summed E-state index contributed by atoms with van der Waals surface area (Å²) in [6.45, 7) is 7.51. The SMILES string of the molecule is Cc1ccc(/C(CN(C2CC2)S(=O)(=O)c2ncn(S(=O)(=O)N(C)C)n2)=N/OC(C)C)c(C)c1. The number of oxime groups is 1. The Morgan fingerprint density at radius 1 is 1.21 bits per heavy atom. The average molecular weight is 499 g/mol. The van der Waals surface area contributed by atoms with E-state index >= 15 is 0 Å². The number of benzene rings is 1. The maximum atomic E-state index is 13.5. The van der Waals surface area contributed by atoms with E-state index in [4.69, 9.17) is 4.84 Å². The van der Waals surface area contributed by atoms with Crippen LogP contribution in [0, 0.1) is 13.8 Å². The van der Waals surface area contributed by atoms with Gasteiger partial charge >= 0.3 is 10.2 Å². The van der Waals surface area contributed by atoms with E-state index in [1.807, 2.05) is 45.9 Å². The van der Waals surface area contributed by atoms with Crippen molar-refractivity contribution < 1.29 is 21.7 Å². The molecule has 0 atom stereocenters. The first-order chi connectivity index (χ1) is 15.3. The summed E-state index contributed by atoms with van der Waals surface area (Å²) >= 11 is 0. The number of sulfonamides is 1. The predicted octanol–water partition coefficient (Wildman–Crippen LogP) is 1.53. The molecular weight excluding hydrogens is 468 g/mol. The molecule has 182 valence electrons. The van der Waals surface area contributed by atoms with Gasteiger partial charge in [-0.3, -0.25) is 0 Å². The lowest BCUT2D eigenvalue weighted by Crippen LogP contribution is -2.39. The molecular formula is C20H30N6O5S2. The molecule has 1 aliphatic carbocycles. The van der Waals surface area contributed by atoms with Gasteiger partial charge in [0.2, 0.25) is 0 Å². The second kappa shape index (κ2) is 9.49. The van der Waals surface area contributed by atoms with E-state index in [1.165, 1.54) is 18.4 Å². The molecule has 13 heteroatoms. The molecule has 0 N–H and O–H groups in total. The number of nitrogens with zero attached hydrogens (tertiary/aromatic N) is 6. The molecule has 0 spiro atoms. The van der Waals surface area contributed by atoms with Crippen LogP contribution in [-0.4, -0.2) is 78.1 Å². The Hall–Kier alpha value is -2.35. The zero-order valence-corrected chi connectivity index (χ0v) is 21.3. The largest absolute Gasteiger partial charge is 0.393 e. The minimum Gasteiger partial charge on any atom is -0.393 e. The zero-order valence-electron chi connectivity index (χ0n) is 19.6. The topological polar surface area (TPSA) is 127 Å². The summed E-state index contributed by atoms with van der Waals surface area (Å²) < 4.78 is 54.3. The van der Waals surface area contributed by atoms with Crippen LogP contribution in [0.3, 0.4) is 0 Å².